The zero-order valence-corrected chi connectivity index (χ0v) is 18.3. The van der Waals surface area contributed by atoms with Gasteiger partial charge in [0.15, 0.2) is 0 Å². The first kappa shape index (κ1) is 19.0. The molecule has 0 radical (unpaired) electrons. The minimum absolute atomic E-state index is 0.149. The average molecular weight is 477 g/mol. The lowest BCUT2D eigenvalue weighted by Crippen LogP contribution is -2.40. The lowest BCUT2D eigenvalue weighted by molar-refractivity contribution is -0.140. The summed E-state index contributed by atoms with van der Waals surface area (Å²) in [4.78, 5) is 26.1. The second-order valence-corrected chi connectivity index (χ2v) is 9.76. The summed E-state index contributed by atoms with van der Waals surface area (Å²) in [5, 5.41) is 5.45. The first-order valence-electron chi connectivity index (χ1n) is 10.7. The first-order chi connectivity index (χ1) is 15.1. The molecule has 156 valence electrons. The van der Waals surface area contributed by atoms with Crippen LogP contribution in [0.1, 0.15) is 17.5 Å². The van der Waals surface area contributed by atoms with Crippen LogP contribution in [0.3, 0.4) is 0 Å². The number of benzene rings is 2. The number of hydrogen-bond donors (Lipinski definition) is 0. The summed E-state index contributed by atoms with van der Waals surface area (Å²) in [5.41, 5.74) is 1.78. The molecule has 2 saturated carbocycles. The molecule has 0 unspecified atom stereocenters. The Bertz CT molecular complexity index is 1090. The molecular formula is C25H21BrN2O3. The number of amides is 2. The van der Waals surface area contributed by atoms with Crippen LogP contribution in [0.2, 0.25) is 0 Å². The highest BCUT2D eigenvalue weighted by Crippen LogP contribution is 2.65. The van der Waals surface area contributed by atoms with Gasteiger partial charge in [-0.2, -0.15) is 10.1 Å². The number of carbonyl (C=O) groups is 2. The molecule has 7 rings (SSSR count). The standard InChI is InChI=1S/C25H21BrN2O3/c26-16-7-5-14(6-8-16)13-31-21-4-2-1-3-15(21)12-27-28-24(29)22-17-9-10-18(20-11-19(17)20)23(22)25(28)30/h1-10,12,17-20,22-23H,11,13H2/b27-12-/t17-,18-,19-,20-,22-,23+/m0/s1. The van der Waals surface area contributed by atoms with E-state index in [-0.39, 0.29) is 35.5 Å². The summed E-state index contributed by atoms with van der Waals surface area (Å²) in [6, 6.07) is 15.5. The van der Waals surface area contributed by atoms with Crippen LogP contribution in [0.4, 0.5) is 0 Å². The Labute approximate surface area is 188 Å². The van der Waals surface area contributed by atoms with Gasteiger partial charge in [0.05, 0.1) is 18.1 Å². The van der Waals surface area contributed by atoms with Crippen molar-refractivity contribution >= 4 is 34.0 Å². The van der Waals surface area contributed by atoms with E-state index in [9.17, 15) is 9.59 Å². The average Bonchev–Trinajstić information content (AvgIpc) is 3.57. The molecule has 2 aromatic carbocycles. The van der Waals surface area contributed by atoms with Gasteiger partial charge in [-0.1, -0.05) is 52.3 Å². The molecule has 6 heteroatoms. The van der Waals surface area contributed by atoms with Gasteiger partial charge in [-0.3, -0.25) is 9.59 Å². The van der Waals surface area contributed by atoms with Crippen molar-refractivity contribution in [2.24, 2.45) is 40.6 Å². The normalized spacial score (nSPS) is 32.5. The van der Waals surface area contributed by atoms with E-state index in [0.29, 0.717) is 24.2 Å². The van der Waals surface area contributed by atoms with E-state index in [0.717, 1.165) is 27.0 Å². The van der Waals surface area contributed by atoms with Gasteiger partial charge in [-0.25, -0.2) is 0 Å². The minimum atomic E-state index is -0.229. The Morgan fingerprint density at radius 3 is 2.29 bits per heavy atom. The van der Waals surface area contributed by atoms with E-state index in [4.69, 9.17) is 4.74 Å². The molecule has 6 atom stereocenters. The number of allylic oxidation sites excluding steroid dienone is 2. The van der Waals surface area contributed by atoms with Crippen LogP contribution in [0.15, 0.2) is 70.3 Å². The van der Waals surface area contributed by atoms with Crippen molar-refractivity contribution in [2.45, 2.75) is 13.0 Å². The Morgan fingerprint density at radius 1 is 0.968 bits per heavy atom. The van der Waals surface area contributed by atoms with Gasteiger partial charge >= 0.3 is 0 Å². The number of imide groups is 1. The lowest BCUT2D eigenvalue weighted by Gasteiger charge is -2.37. The van der Waals surface area contributed by atoms with Crippen molar-refractivity contribution in [3.63, 3.8) is 0 Å². The number of nitrogens with zero attached hydrogens (tertiary/aromatic N) is 2. The fraction of sp³-hybridized carbons (Fsp3) is 0.320. The van der Waals surface area contributed by atoms with Gasteiger partial charge in [0.25, 0.3) is 11.8 Å². The molecule has 1 heterocycles. The van der Waals surface area contributed by atoms with Crippen LogP contribution in [0.25, 0.3) is 0 Å². The number of hydrogen-bond acceptors (Lipinski definition) is 4. The molecule has 1 aliphatic heterocycles. The SMILES string of the molecule is O=C1[C@@H]2[C@H]3C=C[C@@H]([C@@H]4C[C@@H]34)[C@@H]2C(=O)N1/N=C\c1ccccc1OCc1ccc(Br)cc1. The molecule has 4 aliphatic carbocycles. The van der Waals surface area contributed by atoms with Crippen LogP contribution in [0.5, 0.6) is 5.75 Å². The van der Waals surface area contributed by atoms with Gasteiger partial charge in [0.2, 0.25) is 0 Å². The van der Waals surface area contributed by atoms with E-state index in [2.05, 4.69) is 33.2 Å². The van der Waals surface area contributed by atoms with Crippen LogP contribution in [0, 0.1) is 35.5 Å². The van der Waals surface area contributed by atoms with Crippen LogP contribution < -0.4 is 4.74 Å². The second kappa shape index (κ2) is 7.16. The molecule has 31 heavy (non-hydrogen) atoms. The second-order valence-electron chi connectivity index (χ2n) is 8.84. The monoisotopic (exact) mass is 476 g/mol. The van der Waals surface area contributed by atoms with E-state index >= 15 is 0 Å². The van der Waals surface area contributed by atoms with Crippen molar-refractivity contribution < 1.29 is 14.3 Å². The Kier molecular flexibility index (Phi) is 4.39. The predicted molar refractivity (Wildman–Crippen MR) is 119 cm³/mol. The molecule has 5 nitrogen and oxygen atoms in total. The third-order valence-electron chi connectivity index (χ3n) is 7.18. The summed E-state index contributed by atoms with van der Waals surface area (Å²) in [7, 11) is 0. The summed E-state index contributed by atoms with van der Waals surface area (Å²) in [5.74, 6) is 1.49. The highest BCUT2D eigenvalue weighted by Gasteiger charge is 2.67. The third-order valence-corrected chi connectivity index (χ3v) is 7.71. The molecule has 0 N–H and O–H groups in total. The van der Waals surface area contributed by atoms with E-state index in [1.807, 2.05) is 48.5 Å². The highest BCUT2D eigenvalue weighted by atomic mass is 79.9. The van der Waals surface area contributed by atoms with Crippen LogP contribution >= 0.6 is 15.9 Å². The molecular weight excluding hydrogens is 456 g/mol. The fourth-order valence-electron chi connectivity index (χ4n) is 5.64. The lowest BCUT2D eigenvalue weighted by atomic mass is 9.63. The van der Waals surface area contributed by atoms with E-state index in [1.54, 1.807) is 6.21 Å². The summed E-state index contributed by atoms with van der Waals surface area (Å²) >= 11 is 3.43. The number of rotatable bonds is 5. The maximum atomic E-state index is 13.1. The Balaban J connectivity index is 1.21. The predicted octanol–water partition coefficient (Wildman–Crippen LogP) is 4.42. The molecule has 1 saturated heterocycles. The smallest absolute Gasteiger partial charge is 0.254 e. The number of carbonyl (C=O) groups excluding carboxylic acids is 2. The maximum absolute atomic E-state index is 13.1. The number of ether oxygens (including phenoxy) is 1. The molecule has 2 aromatic rings. The Hall–Kier alpha value is -2.73. The largest absolute Gasteiger partial charge is 0.488 e. The number of hydrazone groups is 1. The van der Waals surface area contributed by atoms with E-state index in [1.165, 1.54) is 0 Å². The molecule has 0 aromatic heterocycles. The van der Waals surface area contributed by atoms with Crippen molar-refractivity contribution in [3.05, 3.63) is 76.3 Å². The maximum Gasteiger partial charge on any atom is 0.254 e. The van der Waals surface area contributed by atoms with Gasteiger partial charge in [-0.05, 0) is 59.9 Å². The van der Waals surface area contributed by atoms with Gasteiger partial charge < -0.3 is 4.74 Å². The number of halogens is 1. The zero-order valence-electron chi connectivity index (χ0n) is 16.7. The summed E-state index contributed by atoms with van der Waals surface area (Å²) < 4.78 is 7.00. The first-order valence-corrected chi connectivity index (χ1v) is 11.5. The molecule has 0 spiro atoms. The van der Waals surface area contributed by atoms with Gasteiger partial charge in [0.1, 0.15) is 12.4 Å². The van der Waals surface area contributed by atoms with Crippen LogP contribution in [-0.4, -0.2) is 23.0 Å². The quantitative estimate of drug-likeness (QED) is 0.364. The van der Waals surface area contributed by atoms with Crippen molar-refractivity contribution in [1.82, 2.24) is 5.01 Å². The fourth-order valence-corrected chi connectivity index (χ4v) is 5.90. The summed E-state index contributed by atoms with van der Waals surface area (Å²) in [6.45, 7) is 0.418. The zero-order chi connectivity index (χ0) is 21.1. The molecule has 5 aliphatic rings. The molecule has 2 bridgehead atoms. The Morgan fingerprint density at radius 2 is 1.61 bits per heavy atom. The van der Waals surface area contributed by atoms with E-state index < -0.39 is 0 Å². The topological polar surface area (TPSA) is 59.0 Å². The van der Waals surface area contributed by atoms with Crippen molar-refractivity contribution in [3.8, 4) is 5.75 Å². The summed E-state index contributed by atoms with van der Waals surface area (Å²) in [6.07, 6.45) is 7.07. The van der Waals surface area contributed by atoms with Gasteiger partial charge in [-0.15, -0.1) is 0 Å². The van der Waals surface area contributed by atoms with Crippen LogP contribution in [-0.2, 0) is 16.2 Å². The van der Waals surface area contributed by atoms with Crippen molar-refractivity contribution in [1.29, 1.82) is 0 Å². The minimum Gasteiger partial charge on any atom is -0.488 e. The molecule has 2 amide bonds. The highest BCUT2D eigenvalue weighted by molar-refractivity contribution is 9.10. The van der Waals surface area contributed by atoms with Gasteiger partial charge in [0, 0.05) is 10.0 Å². The number of para-hydroxylation sites is 1. The third kappa shape index (κ3) is 3.07. The van der Waals surface area contributed by atoms with Crippen molar-refractivity contribution in [2.75, 3.05) is 0 Å². The molecule has 3 fully saturated rings.